The molecule has 58 valence electrons. The number of rotatable bonds is 4. The van der Waals surface area contributed by atoms with Crippen LogP contribution in [-0.4, -0.2) is 12.6 Å². The van der Waals surface area contributed by atoms with Crippen LogP contribution in [0.1, 0.15) is 20.3 Å². The molecule has 0 spiro atoms. The molecule has 0 aliphatic heterocycles. The number of hydrogen-bond donors (Lipinski definition) is 0. The Hall–Kier alpha value is -0.790. The zero-order valence-electron chi connectivity index (χ0n) is 6.59. The minimum atomic E-state index is -0.137. The molecule has 0 saturated carbocycles. The Morgan fingerprint density at radius 2 is 2.40 bits per heavy atom. The van der Waals surface area contributed by atoms with Gasteiger partial charge in [-0.15, -0.1) is 0 Å². The molecule has 0 saturated heterocycles. The third kappa shape index (κ3) is 3.28. The second-order valence-electron chi connectivity index (χ2n) is 2.23. The Morgan fingerprint density at radius 3 is 2.80 bits per heavy atom. The number of carbonyl (C=O) groups is 1. The minimum absolute atomic E-state index is 0.0138. The van der Waals surface area contributed by atoms with E-state index in [1.807, 2.05) is 13.8 Å². The number of hydrogen-bond acceptors (Lipinski definition) is 2. The smallest absolute Gasteiger partial charge is 0.308 e. The van der Waals surface area contributed by atoms with Crippen LogP contribution in [-0.2, 0) is 9.53 Å². The van der Waals surface area contributed by atoms with Crippen molar-refractivity contribution >= 4 is 5.97 Å². The lowest BCUT2D eigenvalue weighted by atomic mass is 10.1. The molecule has 0 heterocycles. The van der Waals surface area contributed by atoms with Crippen molar-refractivity contribution in [2.75, 3.05) is 6.61 Å². The van der Waals surface area contributed by atoms with Gasteiger partial charge < -0.3 is 4.74 Å². The third-order valence-corrected chi connectivity index (χ3v) is 1.36. The number of ether oxygens (including phenoxy) is 1. The molecule has 0 aliphatic carbocycles. The van der Waals surface area contributed by atoms with Gasteiger partial charge >= 0.3 is 5.97 Å². The highest BCUT2D eigenvalue weighted by Gasteiger charge is 2.09. The lowest BCUT2D eigenvalue weighted by Crippen LogP contribution is -2.13. The van der Waals surface area contributed by atoms with Crippen LogP contribution >= 0.6 is 0 Å². The lowest BCUT2D eigenvalue weighted by Gasteiger charge is -2.06. The summed E-state index contributed by atoms with van der Waals surface area (Å²) in [6, 6.07) is 0. The van der Waals surface area contributed by atoms with Gasteiger partial charge in [-0.2, -0.15) is 0 Å². The van der Waals surface area contributed by atoms with Gasteiger partial charge in [-0.05, 0) is 6.42 Å². The first-order valence-corrected chi connectivity index (χ1v) is 3.49. The summed E-state index contributed by atoms with van der Waals surface area (Å²) in [4.78, 5) is 10.9. The van der Waals surface area contributed by atoms with Crippen LogP contribution in [0.15, 0.2) is 12.7 Å². The highest BCUT2D eigenvalue weighted by molar-refractivity contribution is 5.71. The molecule has 0 aromatic carbocycles. The van der Waals surface area contributed by atoms with Crippen molar-refractivity contribution in [2.24, 2.45) is 5.92 Å². The Kier molecular flexibility index (Phi) is 4.63. The topological polar surface area (TPSA) is 26.3 Å². The summed E-state index contributed by atoms with van der Waals surface area (Å²) in [5, 5.41) is 0. The van der Waals surface area contributed by atoms with E-state index in [4.69, 9.17) is 4.74 Å². The summed E-state index contributed by atoms with van der Waals surface area (Å²) in [6.07, 6.45) is 2.40. The van der Waals surface area contributed by atoms with Gasteiger partial charge in [-0.3, -0.25) is 4.79 Å². The normalized spacial score (nSPS) is 12.2. The zero-order valence-corrected chi connectivity index (χ0v) is 6.59. The summed E-state index contributed by atoms with van der Waals surface area (Å²) >= 11 is 0. The second kappa shape index (κ2) is 5.03. The van der Waals surface area contributed by atoms with Crippen molar-refractivity contribution in [2.45, 2.75) is 20.3 Å². The van der Waals surface area contributed by atoms with Crippen LogP contribution in [0, 0.1) is 5.92 Å². The van der Waals surface area contributed by atoms with Crippen LogP contribution < -0.4 is 0 Å². The van der Waals surface area contributed by atoms with Crippen LogP contribution in [0.25, 0.3) is 0 Å². The predicted molar refractivity (Wildman–Crippen MR) is 40.6 cm³/mol. The monoisotopic (exact) mass is 142 g/mol. The fourth-order valence-electron chi connectivity index (χ4n) is 0.450. The Morgan fingerprint density at radius 1 is 1.80 bits per heavy atom. The Balaban J connectivity index is 3.51. The molecule has 1 atom stereocenters. The Labute approximate surface area is 61.9 Å². The minimum Gasteiger partial charge on any atom is -0.461 e. The van der Waals surface area contributed by atoms with Crippen LogP contribution in [0.4, 0.5) is 0 Å². The van der Waals surface area contributed by atoms with E-state index in [0.717, 1.165) is 6.42 Å². The van der Waals surface area contributed by atoms with Gasteiger partial charge in [-0.25, -0.2) is 0 Å². The van der Waals surface area contributed by atoms with Crippen molar-refractivity contribution in [3.05, 3.63) is 12.7 Å². The molecule has 2 heteroatoms. The molecule has 0 aromatic heterocycles. The molecule has 0 unspecified atom stereocenters. The van der Waals surface area contributed by atoms with Gasteiger partial charge in [0.05, 0.1) is 5.92 Å². The van der Waals surface area contributed by atoms with E-state index < -0.39 is 0 Å². The first-order chi connectivity index (χ1) is 4.72. The van der Waals surface area contributed by atoms with E-state index in [9.17, 15) is 4.79 Å². The van der Waals surface area contributed by atoms with Gasteiger partial charge in [0.25, 0.3) is 0 Å². The van der Waals surface area contributed by atoms with Gasteiger partial charge in [0.2, 0.25) is 0 Å². The van der Waals surface area contributed by atoms with Crippen molar-refractivity contribution in [1.29, 1.82) is 0 Å². The van der Waals surface area contributed by atoms with E-state index in [-0.39, 0.29) is 11.9 Å². The van der Waals surface area contributed by atoms with Crippen LogP contribution in [0.3, 0.4) is 0 Å². The molecule has 10 heavy (non-hydrogen) atoms. The maximum Gasteiger partial charge on any atom is 0.308 e. The molecule has 0 bridgehead atoms. The van der Waals surface area contributed by atoms with E-state index in [1.54, 1.807) is 6.08 Å². The van der Waals surface area contributed by atoms with E-state index >= 15 is 0 Å². The fourth-order valence-corrected chi connectivity index (χ4v) is 0.450. The van der Waals surface area contributed by atoms with Gasteiger partial charge in [0.1, 0.15) is 6.61 Å². The van der Waals surface area contributed by atoms with E-state index in [2.05, 4.69) is 6.58 Å². The van der Waals surface area contributed by atoms with E-state index in [0.29, 0.717) is 6.61 Å². The molecule has 0 aliphatic rings. The maximum absolute atomic E-state index is 10.9. The first-order valence-electron chi connectivity index (χ1n) is 3.49. The third-order valence-electron chi connectivity index (χ3n) is 1.36. The highest BCUT2D eigenvalue weighted by atomic mass is 16.5. The quantitative estimate of drug-likeness (QED) is 0.441. The van der Waals surface area contributed by atoms with Crippen molar-refractivity contribution in [1.82, 2.24) is 0 Å². The Bertz CT molecular complexity index is 118. The molecular formula is C8H14O2. The average Bonchev–Trinajstić information content (AvgIpc) is 1.98. The zero-order chi connectivity index (χ0) is 7.98. The summed E-state index contributed by atoms with van der Waals surface area (Å²) in [6.45, 7) is 7.57. The number of carbonyl (C=O) groups excluding carboxylic acids is 1. The molecule has 0 aromatic rings. The molecule has 0 amide bonds. The van der Waals surface area contributed by atoms with Crippen LogP contribution in [0.2, 0.25) is 0 Å². The average molecular weight is 142 g/mol. The molecule has 0 fully saturated rings. The van der Waals surface area contributed by atoms with E-state index in [1.165, 1.54) is 0 Å². The second-order valence-corrected chi connectivity index (χ2v) is 2.23. The largest absolute Gasteiger partial charge is 0.461 e. The molecular weight excluding hydrogens is 128 g/mol. The fraction of sp³-hybridized carbons (Fsp3) is 0.625. The van der Waals surface area contributed by atoms with Gasteiger partial charge in [-0.1, -0.05) is 26.5 Å². The molecule has 0 radical (unpaired) electrons. The SMILES string of the molecule is C=CCOC(=O)[C@H](C)CC. The summed E-state index contributed by atoms with van der Waals surface area (Å²) in [5.41, 5.74) is 0. The van der Waals surface area contributed by atoms with Crippen LogP contribution in [0.5, 0.6) is 0 Å². The van der Waals surface area contributed by atoms with Crippen molar-refractivity contribution in [3.8, 4) is 0 Å². The molecule has 2 nitrogen and oxygen atoms in total. The van der Waals surface area contributed by atoms with Gasteiger partial charge in [0.15, 0.2) is 0 Å². The summed E-state index contributed by atoms with van der Waals surface area (Å²) < 4.78 is 4.79. The van der Waals surface area contributed by atoms with Gasteiger partial charge in [0, 0.05) is 0 Å². The summed E-state index contributed by atoms with van der Waals surface area (Å²) in [5.74, 6) is -0.123. The highest BCUT2D eigenvalue weighted by Crippen LogP contribution is 2.02. The first kappa shape index (κ1) is 9.21. The standard InChI is InChI=1S/C8H14O2/c1-4-6-10-8(9)7(3)5-2/h4,7H,1,5-6H2,2-3H3/t7-/m1/s1. The number of esters is 1. The molecule has 0 rings (SSSR count). The maximum atomic E-state index is 10.9. The molecule has 0 N–H and O–H groups in total. The predicted octanol–water partition coefficient (Wildman–Crippen LogP) is 1.76. The van der Waals surface area contributed by atoms with Crippen molar-refractivity contribution in [3.63, 3.8) is 0 Å². The summed E-state index contributed by atoms with van der Waals surface area (Å²) in [7, 11) is 0. The van der Waals surface area contributed by atoms with Crippen molar-refractivity contribution < 1.29 is 9.53 Å². The lowest BCUT2D eigenvalue weighted by molar-refractivity contribution is -0.146.